The summed E-state index contributed by atoms with van der Waals surface area (Å²) in [6, 6.07) is 6.57. The predicted molar refractivity (Wildman–Crippen MR) is 71.5 cm³/mol. The Morgan fingerprint density at radius 2 is 1.94 bits per heavy atom. The first-order valence-corrected chi connectivity index (χ1v) is 6.57. The standard InChI is InChI=1S/C15H23NO/c1-12-6-7-13(10-14(12)17-2)15(11-16)8-4-3-5-9-15/h6-7,10H,3-5,8-9,11,16H2,1-2H3. The van der Waals surface area contributed by atoms with Crippen molar-refractivity contribution in [2.75, 3.05) is 13.7 Å². The molecular weight excluding hydrogens is 210 g/mol. The number of hydrogen-bond donors (Lipinski definition) is 1. The van der Waals surface area contributed by atoms with Gasteiger partial charge in [-0.15, -0.1) is 0 Å². The van der Waals surface area contributed by atoms with Crippen molar-refractivity contribution in [3.63, 3.8) is 0 Å². The van der Waals surface area contributed by atoms with Crippen molar-refractivity contribution in [3.8, 4) is 5.75 Å². The molecule has 0 amide bonds. The number of rotatable bonds is 3. The average Bonchev–Trinajstić information content (AvgIpc) is 2.40. The van der Waals surface area contributed by atoms with Crippen LogP contribution in [0.5, 0.6) is 5.75 Å². The highest BCUT2D eigenvalue weighted by atomic mass is 16.5. The van der Waals surface area contributed by atoms with E-state index < -0.39 is 0 Å². The van der Waals surface area contributed by atoms with Crippen LogP contribution in [-0.4, -0.2) is 13.7 Å². The Morgan fingerprint density at radius 1 is 1.24 bits per heavy atom. The molecule has 0 spiro atoms. The van der Waals surface area contributed by atoms with Gasteiger partial charge in [-0.2, -0.15) is 0 Å². The molecule has 1 saturated carbocycles. The first kappa shape index (κ1) is 12.4. The minimum Gasteiger partial charge on any atom is -0.496 e. The van der Waals surface area contributed by atoms with Gasteiger partial charge in [0.2, 0.25) is 0 Å². The molecule has 0 bridgehead atoms. The van der Waals surface area contributed by atoms with E-state index in [4.69, 9.17) is 10.5 Å². The van der Waals surface area contributed by atoms with Gasteiger partial charge in [0.25, 0.3) is 0 Å². The number of methoxy groups -OCH3 is 1. The van der Waals surface area contributed by atoms with Gasteiger partial charge in [0, 0.05) is 12.0 Å². The van der Waals surface area contributed by atoms with Gasteiger partial charge in [-0.3, -0.25) is 0 Å². The Kier molecular flexibility index (Phi) is 3.72. The predicted octanol–water partition coefficient (Wildman–Crippen LogP) is 3.16. The molecule has 1 aliphatic carbocycles. The largest absolute Gasteiger partial charge is 0.496 e. The van der Waals surface area contributed by atoms with E-state index in [9.17, 15) is 0 Å². The van der Waals surface area contributed by atoms with E-state index in [-0.39, 0.29) is 5.41 Å². The summed E-state index contributed by atoms with van der Waals surface area (Å²) in [6.45, 7) is 2.83. The smallest absolute Gasteiger partial charge is 0.122 e. The second kappa shape index (κ2) is 5.09. The molecule has 1 aromatic carbocycles. The fourth-order valence-electron chi connectivity index (χ4n) is 2.99. The maximum absolute atomic E-state index is 6.06. The van der Waals surface area contributed by atoms with Crippen molar-refractivity contribution < 1.29 is 4.74 Å². The topological polar surface area (TPSA) is 35.2 Å². The Balaban J connectivity index is 2.36. The first-order valence-electron chi connectivity index (χ1n) is 6.57. The van der Waals surface area contributed by atoms with Crippen LogP contribution in [-0.2, 0) is 5.41 Å². The van der Waals surface area contributed by atoms with Crippen LogP contribution in [0.3, 0.4) is 0 Å². The second-order valence-electron chi connectivity index (χ2n) is 5.23. The summed E-state index contributed by atoms with van der Waals surface area (Å²) >= 11 is 0. The Labute approximate surface area is 104 Å². The zero-order chi connectivity index (χ0) is 12.3. The molecule has 0 aromatic heterocycles. The van der Waals surface area contributed by atoms with E-state index >= 15 is 0 Å². The lowest BCUT2D eigenvalue weighted by atomic mass is 9.69. The maximum atomic E-state index is 6.06. The summed E-state index contributed by atoms with van der Waals surface area (Å²) < 4.78 is 5.43. The van der Waals surface area contributed by atoms with Gasteiger partial charge < -0.3 is 10.5 Å². The lowest BCUT2D eigenvalue weighted by Crippen LogP contribution is -2.37. The first-order chi connectivity index (χ1) is 8.22. The third-order valence-electron chi connectivity index (χ3n) is 4.22. The summed E-state index contributed by atoms with van der Waals surface area (Å²) in [7, 11) is 1.74. The van der Waals surface area contributed by atoms with Crippen molar-refractivity contribution in [2.24, 2.45) is 5.73 Å². The van der Waals surface area contributed by atoms with E-state index in [1.807, 2.05) is 0 Å². The number of nitrogens with two attached hydrogens (primary N) is 1. The molecule has 1 aliphatic rings. The van der Waals surface area contributed by atoms with Crippen molar-refractivity contribution >= 4 is 0 Å². The Morgan fingerprint density at radius 3 is 2.53 bits per heavy atom. The molecule has 17 heavy (non-hydrogen) atoms. The Bertz CT molecular complexity index is 381. The van der Waals surface area contributed by atoms with Gasteiger partial charge in [-0.25, -0.2) is 0 Å². The molecule has 2 heteroatoms. The third kappa shape index (κ3) is 2.32. The van der Waals surface area contributed by atoms with Crippen LogP contribution in [0, 0.1) is 6.92 Å². The highest BCUT2D eigenvalue weighted by Gasteiger charge is 2.32. The highest BCUT2D eigenvalue weighted by Crippen LogP contribution is 2.40. The zero-order valence-corrected chi connectivity index (χ0v) is 11.0. The van der Waals surface area contributed by atoms with E-state index in [0.29, 0.717) is 0 Å². The average molecular weight is 233 g/mol. The molecule has 2 rings (SSSR count). The lowest BCUT2D eigenvalue weighted by Gasteiger charge is -2.37. The molecule has 0 saturated heterocycles. The number of hydrogen-bond acceptors (Lipinski definition) is 2. The summed E-state index contributed by atoms with van der Waals surface area (Å²) in [6.07, 6.45) is 6.39. The van der Waals surface area contributed by atoms with Gasteiger partial charge in [-0.05, 0) is 37.0 Å². The number of aryl methyl sites for hydroxylation is 1. The van der Waals surface area contributed by atoms with Crippen LogP contribution >= 0.6 is 0 Å². The van der Waals surface area contributed by atoms with E-state index in [1.54, 1.807) is 7.11 Å². The van der Waals surface area contributed by atoms with Crippen LogP contribution in [0.1, 0.15) is 43.2 Å². The van der Waals surface area contributed by atoms with Gasteiger partial charge in [0.15, 0.2) is 0 Å². The molecule has 1 fully saturated rings. The van der Waals surface area contributed by atoms with Crippen molar-refractivity contribution in [1.29, 1.82) is 0 Å². The SMILES string of the molecule is COc1cc(C2(CN)CCCCC2)ccc1C. The Hall–Kier alpha value is -1.02. The summed E-state index contributed by atoms with van der Waals surface area (Å²) in [5.74, 6) is 0.987. The molecule has 0 radical (unpaired) electrons. The molecular formula is C15H23NO. The van der Waals surface area contributed by atoms with Gasteiger partial charge in [0.1, 0.15) is 5.75 Å². The van der Waals surface area contributed by atoms with Gasteiger partial charge in [0.05, 0.1) is 7.11 Å². The normalized spacial score (nSPS) is 19.0. The zero-order valence-electron chi connectivity index (χ0n) is 11.0. The van der Waals surface area contributed by atoms with Crippen LogP contribution < -0.4 is 10.5 Å². The minimum atomic E-state index is 0.194. The minimum absolute atomic E-state index is 0.194. The fraction of sp³-hybridized carbons (Fsp3) is 0.600. The third-order valence-corrected chi connectivity index (χ3v) is 4.22. The molecule has 0 aliphatic heterocycles. The summed E-state index contributed by atoms with van der Waals surface area (Å²) in [5.41, 5.74) is 8.81. The van der Waals surface area contributed by atoms with E-state index in [2.05, 4.69) is 25.1 Å². The van der Waals surface area contributed by atoms with Crippen LogP contribution in [0.15, 0.2) is 18.2 Å². The van der Waals surface area contributed by atoms with Gasteiger partial charge in [-0.1, -0.05) is 31.4 Å². The maximum Gasteiger partial charge on any atom is 0.122 e. The quantitative estimate of drug-likeness (QED) is 0.870. The molecule has 0 unspecified atom stereocenters. The molecule has 0 atom stereocenters. The number of ether oxygens (including phenoxy) is 1. The van der Waals surface area contributed by atoms with Crippen LogP contribution in [0.25, 0.3) is 0 Å². The lowest BCUT2D eigenvalue weighted by molar-refractivity contribution is 0.299. The molecule has 0 heterocycles. The van der Waals surface area contributed by atoms with E-state index in [0.717, 1.165) is 12.3 Å². The van der Waals surface area contributed by atoms with Crippen LogP contribution in [0.2, 0.25) is 0 Å². The van der Waals surface area contributed by atoms with Crippen molar-refractivity contribution in [2.45, 2.75) is 44.4 Å². The fourth-order valence-corrected chi connectivity index (χ4v) is 2.99. The second-order valence-corrected chi connectivity index (χ2v) is 5.23. The molecule has 2 nitrogen and oxygen atoms in total. The number of benzene rings is 1. The molecule has 94 valence electrons. The van der Waals surface area contributed by atoms with Crippen LogP contribution in [0.4, 0.5) is 0 Å². The van der Waals surface area contributed by atoms with Crippen molar-refractivity contribution in [3.05, 3.63) is 29.3 Å². The highest BCUT2D eigenvalue weighted by molar-refractivity contribution is 5.40. The van der Waals surface area contributed by atoms with Gasteiger partial charge >= 0.3 is 0 Å². The summed E-state index contributed by atoms with van der Waals surface area (Å²) in [5, 5.41) is 0. The monoisotopic (exact) mass is 233 g/mol. The summed E-state index contributed by atoms with van der Waals surface area (Å²) in [4.78, 5) is 0. The molecule has 2 N–H and O–H groups in total. The van der Waals surface area contributed by atoms with Crippen molar-refractivity contribution in [1.82, 2.24) is 0 Å². The molecule has 1 aromatic rings. The van der Waals surface area contributed by atoms with E-state index in [1.165, 1.54) is 43.2 Å².